The number of thiophene rings is 1. The lowest BCUT2D eigenvalue weighted by Gasteiger charge is -2.35. The van der Waals surface area contributed by atoms with Crippen LogP contribution in [-0.2, 0) is 15.9 Å². The molecule has 34 heavy (non-hydrogen) atoms. The normalized spacial score (nSPS) is 22.1. The van der Waals surface area contributed by atoms with Gasteiger partial charge in [0.1, 0.15) is 29.5 Å². The van der Waals surface area contributed by atoms with Crippen LogP contribution >= 0.6 is 11.3 Å². The first kappa shape index (κ1) is 24.7. The molecule has 0 aromatic carbocycles. The van der Waals surface area contributed by atoms with E-state index >= 15 is 0 Å². The van der Waals surface area contributed by atoms with Gasteiger partial charge < -0.3 is 19.1 Å². The van der Waals surface area contributed by atoms with Gasteiger partial charge in [-0.25, -0.2) is 14.8 Å². The van der Waals surface area contributed by atoms with Crippen molar-refractivity contribution in [3.63, 3.8) is 0 Å². The highest BCUT2D eigenvalue weighted by molar-refractivity contribution is 7.19. The Morgan fingerprint density at radius 1 is 1.21 bits per heavy atom. The van der Waals surface area contributed by atoms with E-state index in [-0.39, 0.29) is 18.2 Å². The minimum Gasteiger partial charge on any atom is -0.474 e. The lowest BCUT2D eigenvalue weighted by molar-refractivity contribution is 0.0137. The summed E-state index contributed by atoms with van der Waals surface area (Å²) in [4.78, 5) is 25.6. The molecular formula is C26H35N3O4S. The number of aryl methyl sites for hydroxylation is 1. The molecule has 0 spiro atoms. The summed E-state index contributed by atoms with van der Waals surface area (Å²) >= 11 is 1.75. The van der Waals surface area contributed by atoms with Crippen LogP contribution in [0.1, 0.15) is 76.2 Å². The maximum Gasteiger partial charge on any atom is 0.410 e. The Bertz CT molecular complexity index is 1070. The van der Waals surface area contributed by atoms with Gasteiger partial charge in [0, 0.05) is 23.9 Å². The predicted molar refractivity (Wildman–Crippen MR) is 133 cm³/mol. The van der Waals surface area contributed by atoms with Crippen molar-refractivity contribution in [1.82, 2.24) is 14.9 Å². The molecule has 2 aliphatic rings. The third-order valence-corrected chi connectivity index (χ3v) is 7.69. The number of amides is 1. The van der Waals surface area contributed by atoms with Crippen LogP contribution in [0.4, 0.5) is 4.79 Å². The lowest BCUT2D eigenvalue weighted by Crippen LogP contribution is -2.43. The van der Waals surface area contributed by atoms with Crippen LogP contribution in [0.3, 0.4) is 0 Å². The Morgan fingerprint density at radius 3 is 2.68 bits per heavy atom. The van der Waals surface area contributed by atoms with Crippen LogP contribution in [0.15, 0.2) is 6.33 Å². The summed E-state index contributed by atoms with van der Waals surface area (Å²) < 4.78 is 17.8. The summed E-state index contributed by atoms with van der Waals surface area (Å²) in [6, 6.07) is 0.165. The smallest absolute Gasteiger partial charge is 0.410 e. The number of rotatable bonds is 6. The Balaban J connectivity index is 1.42. The van der Waals surface area contributed by atoms with Crippen molar-refractivity contribution in [1.29, 1.82) is 0 Å². The predicted octanol–water partition coefficient (Wildman–Crippen LogP) is 5.32. The number of hydrogen-bond acceptors (Lipinski definition) is 7. The molecule has 2 aromatic heterocycles. The molecule has 2 aromatic rings. The maximum atomic E-state index is 12.4. The van der Waals surface area contributed by atoms with Crippen molar-refractivity contribution >= 4 is 27.6 Å². The maximum absolute atomic E-state index is 12.4. The second-order valence-electron chi connectivity index (χ2n) is 10.1. The highest BCUT2D eigenvalue weighted by Gasteiger charge is 2.33. The molecule has 7 nitrogen and oxygen atoms in total. The van der Waals surface area contributed by atoms with E-state index < -0.39 is 5.60 Å². The van der Waals surface area contributed by atoms with Gasteiger partial charge in [-0.05, 0) is 71.8 Å². The van der Waals surface area contributed by atoms with Crippen molar-refractivity contribution < 1.29 is 19.0 Å². The molecule has 4 rings (SSSR count). The molecule has 0 saturated heterocycles. The number of fused-ring (bicyclic) bond motifs is 3. The monoisotopic (exact) mass is 485 g/mol. The number of carbonyl (C=O) groups excluding carboxylic acids is 1. The third-order valence-electron chi connectivity index (χ3n) is 6.52. The molecule has 2 aliphatic carbocycles. The van der Waals surface area contributed by atoms with Gasteiger partial charge in [0.15, 0.2) is 0 Å². The van der Waals surface area contributed by atoms with Crippen LogP contribution in [0.2, 0.25) is 0 Å². The second-order valence-corrected chi connectivity index (χ2v) is 11.2. The fourth-order valence-electron chi connectivity index (χ4n) is 4.81. The van der Waals surface area contributed by atoms with E-state index in [0.29, 0.717) is 25.0 Å². The molecule has 8 heteroatoms. The molecule has 1 atom stereocenters. The highest BCUT2D eigenvalue weighted by atomic mass is 32.1. The van der Waals surface area contributed by atoms with Gasteiger partial charge in [-0.1, -0.05) is 5.92 Å². The van der Waals surface area contributed by atoms with Crippen molar-refractivity contribution in [2.24, 2.45) is 0 Å². The Morgan fingerprint density at radius 2 is 1.97 bits per heavy atom. The minimum absolute atomic E-state index is 0.0767. The molecule has 184 valence electrons. The van der Waals surface area contributed by atoms with Crippen LogP contribution in [-0.4, -0.2) is 59.0 Å². The van der Waals surface area contributed by atoms with E-state index in [4.69, 9.17) is 14.2 Å². The number of nitrogens with zero attached hydrogens (tertiary/aromatic N) is 3. The standard InChI is InChI=1S/C26H35N3O4S/c1-6-7-14-31-15-17-8-13-20-21(17)22-23(27-16-28-24(22)34-20)32-19-11-9-18(10-12-19)29(5)25(30)33-26(2,3)4/h16-19H,8-15H2,1-5H3/t17-,18-,19-/m1/s1. The molecule has 0 radical (unpaired) electrons. The quantitative estimate of drug-likeness (QED) is 0.407. The summed E-state index contributed by atoms with van der Waals surface area (Å²) in [6.45, 7) is 8.62. The number of ether oxygens (including phenoxy) is 3. The summed E-state index contributed by atoms with van der Waals surface area (Å²) in [5.41, 5.74) is 0.815. The van der Waals surface area contributed by atoms with Gasteiger partial charge >= 0.3 is 6.09 Å². The van der Waals surface area contributed by atoms with E-state index in [1.807, 2.05) is 34.7 Å². The first-order chi connectivity index (χ1) is 16.3. The molecule has 2 heterocycles. The van der Waals surface area contributed by atoms with E-state index in [0.717, 1.165) is 48.7 Å². The number of aromatic nitrogens is 2. The van der Waals surface area contributed by atoms with Crippen LogP contribution in [0.25, 0.3) is 10.2 Å². The van der Waals surface area contributed by atoms with E-state index in [2.05, 4.69) is 21.8 Å². The summed E-state index contributed by atoms with van der Waals surface area (Å²) in [7, 11) is 1.83. The van der Waals surface area contributed by atoms with Gasteiger partial charge in [0.2, 0.25) is 5.88 Å². The van der Waals surface area contributed by atoms with Crippen LogP contribution < -0.4 is 4.74 Å². The van der Waals surface area contributed by atoms with E-state index in [9.17, 15) is 4.79 Å². The van der Waals surface area contributed by atoms with Crippen molar-refractivity contribution in [2.75, 3.05) is 20.3 Å². The average molecular weight is 486 g/mol. The van der Waals surface area contributed by atoms with Gasteiger partial charge in [0.05, 0.1) is 12.0 Å². The van der Waals surface area contributed by atoms with Gasteiger partial charge in [-0.15, -0.1) is 17.3 Å². The molecule has 0 bridgehead atoms. The number of hydrogen-bond donors (Lipinski definition) is 0. The van der Waals surface area contributed by atoms with Gasteiger partial charge in [0.25, 0.3) is 0 Å². The number of carbonyl (C=O) groups is 1. The average Bonchev–Trinajstić information content (AvgIpc) is 3.35. The van der Waals surface area contributed by atoms with Gasteiger partial charge in [-0.2, -0.15) is 0 Å². The molecule has 0 unspecified atom stereocenters. The van der Waals surface area contributed by atoms with Crippen molar-refractivity contribution in [3.05, 3.63) is 16.8 Å². The molecule has 0 aliphatic heterocycles. The summed E-state index contributed by atoms with van der Waals surface area (Å²) in [6.07, 6.45) is 7.05. The van der Waals surface area contributed by atoms with Gasteiger partial charge in [-0.3, -0.25) is 0 Å². The van der Waals surface area contributed by atoms with Crippen molar-refractivity contribution in [2.45, 2.75) is 89.9 Å². The Labute approximate surface area is 206 Å². The Hall–Kier alpha value is -2.37. The molecule has 1 saturated carbocycles. The minimum atomic E-state index is -0.489. The molecule has 0 N–H and O–H groups in total. The van der Waals surface area contributed by atoms with Crippen molar-refractivity contribution in [3.8, 4) is 17.7 Å². The SMILES string of the molecule is CC#CCOC[C@H]1CCc2sc3ncnc(O[C@H]4CC[C@H](N(C)C(=O)OC(C)(C)C)CC4)c3c21. The first-order valence-corrected chi connectivity index (χ1v) is 12.9. The first-order valence-electron chi connectivity index (χ1n) is 12.1. The lowest BCUT2D eigenvalue weighted by atomic mass is 9.92. The summed E-state index contributed by atoms with van der Waals surface area (Å²) in [5.74, 6) is 6.86. The van der Waals surface area contributed by atoms with Crippen LogP contribution in [0, 0.1) is 11.8 Å². The molecular weight excluding hydrogens is 450 g/mol. The zero-order valence-corrected chi connectivity index (χ0v) is 21.7. The second kappa shape index (κ2) is 10.5. The zero-order chi connectivity index (χ0) is 24.3. The topological polar surface area (TPSA) is 73.8 Å². The molecule has 1 amide bonds. The van der Waals surface area contributed by atoms with E-state index in [1.165, 1.54) is 10.4 Å². The zero-order valence-electron chi connectivity index (χ0n) is 20.8. The third kappa shape index (κ3) is 5.64. The summed E-state index contributed by atoms with van der Waals surface area (Å²) in [5, 5.41) is 1.06. The van der Waals surface area contributed by atoms with Crippen LogP contribution in [0.5, 0.6) is 5.88 Å². The fraction of sp³-hybridized carbons (Fsp3) is 0.654. The van der Waals surface area contributed by atoms with E-state index in [1.54, 1.807) is 22.6 Å². The molecule has 1 fully saturated rings. The highest BCUT2D eigenvalue weighted by Crippen LogP contribution is 2.46. The fourth-order valence-corrected chi connectivity index (χ4v) is 6.04. The largest absolute Gasteiger partial charge is 0.474 e. The Kier molecular flexibility index (Phi) is 7.63.